The molecule has 0 atom stereocenters. The molecule has 0 aliphatic heterocycles. The third kappa shape index (κ3) is 4.65. The highest BCUT2D eigenvalue weighted by Crippen LogP contribution is 2.33. The van der Waals surface area contributed by atoms with Gasteiger partial charge in [-0.25, -0.2) is 4.98 Å². The van der Waals surface area contributed by atoms with Gasteiger partial charge in [-0.1, -0.05) is 34.8 Å². The van der Waals surface area contributed by atoms with E-state index in [4.69, 9.17) is 40.1 Å². The molecule has 1 amide bonds. The molecule has 2 N–H and O–H groups in total. The zero-order valence-electron chi connectivity index (χ0n) is 12.5. The number of carbonyl (C=O) groups is 1. The molecule has 0 saturated heterocycles. The predicted molar refractivity (Wildman–Crippen MR) is 95.5 cm³/mol. The molecule has 0 radical (unpaired) electrons. The minimum absolute atomic E-state index is 0.0364. The second-order valence-corrected chi connectivity index (χ2v) is 6.04. The number of nitrogens with one attached hydrogen (secondary N) is 2. The van der Waals surface area contributed by atoms with Gasteiger partial charge in [0, 0.05) is 18.3 Å². The molecule has 2 rings (SSSR count). The van der Waals surface area contributed by atoms with Crippen LogP contribution in [0.3, 0.4) is 0 Å². The highest BCUT2D eigenvalue weighted by Gasteiger charge is 2.11. The zero-order valence-corrected chi connectivity index (χ0v) is 14.7. The Bertz CT molecular complexity index is 766. The van der Waals surface area contributed by atoms with Crippen LogP contribution in [0, 0.1) is 11.3 Å². The molecule has 0 fully saturated rings. The summed E-state index contributed by atoms with van der Waals surface area (Å²) in [4.78, 5) is 17.7. The molecule has 0 spiro atoms. The van der Waals surface area contributed by atoms with Crippen molar-refractivity contribution < 1.29 is 4.79 Å². The van der Waals surface area contributed by atoms with Crippen LogP contribution in [0.25, 0.3) is 0 Å². The highest BCUT2D eigenvalue weighted by atomic mass is 35.5. The molecular weight excluding hydrogens is 373 g/mol. The van der Waals surface area contributed by atoms with Crippen LogP contribution in [-0.4, -0.2) is 24.5 Å². The number of halogens is 3. The summed E-state index contributed by atoms with van der Waals surface area (Å²) >= 11 is 17.9. The number of anilines is 2. The predicted octanol–water partition coefficient (Wildman–Crippen LogP) is 3.49. The number of carbonyl (C=O) groups excluding carboxylic acids is 1. The smallest absolute Gasteiger partial charge is 0.257 e. The Morgan fingerprint density at radius 3 is 2.50 bits per heavy atom. The average molecular weight is 385 g/mol. The average Bonchev–Trinajstić information content (AvgIpc) is 2.53. The molecule has 2 aromatic rings. The molecule has 0 aliphatic carbocycles. The molecule has 0 unspecified atom stereocenters. The fourth-order valence-corrected chi connectivity index (χ4v) is 2.72. The number of benzene rings is 1. The summed E-state index contributed by atoms with van der Waals surface area (Å²) in [5.41, 5.74) is 5.98. The van der Waals surface area contributed by atoms with E-state index in [1.165, 1.54) is 18.3 Å². The second kappa shape index (κ2) is 8.06. The molecular formula is C15H12Cl3N5O. The Morgan fingerprint density at radius 1 is 1.29 bits per heavy atom. The summed E-state index contributed by atoms with van der Waals surface area (Å²) in [7, 11) is 1.70. The summed E-state index contributed by atoms with van der Waals surface area (Å²) in [5.74, 6) is 0.234. The quantitative estimate of drug-likeness (QED) is 0.771. The van der Waals surface area contributed by atoms with Crippen molar-refractivity contribution in [1.82, 2.24) is 10.4 Å². The largest absolute Gasteiger partial charge is 0.350 e. The third-order valence-electron chi connectivity index (χ3n) is 2.98. The summed E-state index contributed by atoms with van der Waals surface area (Å²) in [6.45, 7) is 0.0364. The van der Waals surface area contributed by atoms with Crippen LogP contribution < -0.4 is 15.8 Å². The number of aromatic nitrogens is 1. The highest BCUT2D eigenvalue weighted by molar-refractivity contribution is 6.41. The Hall–Kier alpha value is -2.20. The number of rotatable bonds is 5. The van der Waals surface area contributed by atoms with E-state index in [1.807, 2.05) is 6.07 Å². The van der Waals surface area contributed by atoms with Crippen molar-refractivity contribution >= 4 is 52.2 Å². The zero-order chi connectivity index (χ0) is 17.7. The van der Waals surface area contributed by atoms with E-state index < -0.39 is 0 Å². The molecule has 0 bridgehead atoms. The number of nitrogens with zero attached hydrogens (tertiary/aromatic N) is 3. The first-order chi connectivity index (χ1) is 11.4. The molecule has 1 heterocycles. The summed E-state index contributed by atoms with van der Waals surface area (Å²) in [6.07, 6.45) is 1.44. The minimum Gasteiger partial charge on any atom is -0.350 e. The fourth-order valence-electron chi connectivity index (χ4n) is 1.81. The van der Waals surface area contributed by atoms with Crippen molar-refractivity contribution in [3.8, 4) is 6.07 Å². The maximum atomic E-state index is 12.0. The lowest BCUT2D eigenvalue weighted by Crippen LogP contribution is -2.38. The Morgan fingerprint density at radius 2 is 1.96 bits per heavy atom. The topological polar surface area (TPSA) is 81.0 Å². The maximum absolute atomic E-state index is 12.0. The van der Waals surface area contributed by atoms with Crippen LogP contribution in [0.15, 0.2) is 30.5 Å². The van der Waals surface area contributed by atoms with E-state index >= 15 is 0 Å². The van der Waals surface area contributed by atoms with Crippen molar-refractivity contribution in [1.29, 1.82) is 5.26 Å². The number of likely N-dealkylation sites (N-methyl/N-ethyl adjacent to an activating group) is 1. The van der Waals surface area contributed by atoms with Gasteiger partial charge >= 0.3 is 0 Å². The van der Waals surface area contributed by atoms with Gasteiger partial charge in [0.1, 0.15) is 11.9 Å². The van der Waals surface area contributed by atoms with E-state index in [0.29, 0.717) is 22.1 Å². The van der Waals surface area contributed by atoms with Gasteiger partial charge in [-0.2, -0.15) is 5.26 Å². The van der Waals surface area contributed by atoms with Crippen molar-refractivity contribution in [3.05, 3.63) is 51.1 Å². The number of amides is 1. The molecule has 124 valence electrons. The maximum Gasteiger partial charge on any atom is 0.257 e. The van der Waals surface area contributed by atoms with Gasteiger partial charge in [0.2, 0.25) is 0 Å². The third-order valence-corrected chi connectivity index (χ3v) is 3.80. The standard InChI is InChI=1S/C15H12Cl3N5O/c1-23(13-3-2-9(6-19)7-20-13)8-14(24)21-22-15-11(17)4-10(16)5-12(15)18/h2-5,7,22H,8H2,1H3,(H,21,24). The van der Waals surface area contributed by atoms with E-state index in [-0.39, 0.29) is 22.5 Å². The van der Waals surface area contributed by atoms with Crippen LogP contribution in [0.5, 0.6) is 0 Å². The number of nitriles is 1. The van der Waals surface area contributed by atoms with E-state index in [9.17, 15) is 4.79 Å². The molecule has 1 aromatic heterocycles. The summed E-state index contributed by atoms with van der Waals surface area (Å²) in [5, 5.41) is 9.72. The Kier molecular flexibility index (Phi) is 6.10. The van der Waals surface area contributed by atoms with Crippen LogP contribution in [0.4, 0.5) is 11.5 Å². The van der Waals surface area contributed by atoms with Crippen LogP contribution >= 0.6 is 34.8 Å². The Labute approximate surface area is 153 Å². The lowest BCUT2D eigenvalue weighted by molar-refractivity contribution is -0.119. The first-order valence-corrected chi connectivity index (χ1v) is 7.81. The van der Waals surface area contributed by atoms with E-state index in [2.05, 4.69) is 15.8 Å². The lowest BCUT2D eigenvalue weighted by Gasteiger charge is -2.18. The lowest BCUT2D eigenvalue weighted by atomic mass is 10.3. The minimum atomic E-state index is -0.328. The second-order valence-electron chi connectivity index (χ2n) is 4.79. The number of hydrogen-bond acceptors (Lipinski definition) is 5. The molecule has 1 aromatic carbocycles. The van der Waals surface area contributed by atoms with Crippen molar-refractivity contribution in [2.45, 2.75) is 0 Å². The number of hydrogen-bond donors (Lipinski definition) is 2. The van der Waals surface area contributed by atoms with E-state index in [1.54, 1.807) is 24.1 Å². The monoisotopic (exact) mass is 383 g/mol. The van der Waals surface area contributed by atoms with Crippen LogP contribution in [0.2, 0.25) is 15.1 Å². The summed E-state index contributed by atoms with van der Waals surface area (Å²) in [6, 6.07) is 8.29. The molecule has 24 heavy (non-hydrogen) atoms. The number of pyridine rings is 1. The number of hydrazine groups is 1. The van der Waals surface area contributed by atoms with Crippen molar-refractivity contribution in [2.75, 3.05) is 23.9 Å². The van der Waals surface area contributed by atoms with Crippen LogP contribution in [0.1, 0.15) is 5.56 Å². The summed E-state index contributed by atoms with van der Waals surface area (Å²) < 4.78 is 0. The first-order valence-electron chi connectivity index (χ1n) is 6.67. The molecule has 0 aliphatic rings. The van der Waals surface area contributed by atoms with Gasteiger partial charge in [0.15, 0.2) is 0 Å². The van der Waals surface area contributed by atoms with E-state index in [0.717, 1.165) is 0 Å². The van der Waals surface area contributed by atoms with Crippen molar-refractivity contribution in [3.63, 3.8) is 0 Å². The van der Waals surface area contributed by atoms with Gasteiger partial charge < -0.3 is 4.90 Å². The molecule has 6 nitrogen and oxygen atoms in total. The van der Waals surface area contributed by atoms with Gasteiger partial charge in [0.25, 0.3) is 5.91 Å². The van der Waals surface area contributed by atoms with Gasteiger partial charge in [-0.15, -0.1) is 0 Å². The first kappa shape index (κ1) is 18.1. The van der Waals surface area contributed by atoms with Gasteiger partial charge in [-0.05, 0) is 24.3 Å². The van der Waals surface area contributed by atoms with Crippen LogP contribution in [-0.2, 0) is 4.79 Å². The fraction of sp³-hybridized carbons (Fsp3) is 0.133. The molecule has 0 saturated carbocycles. The van der Waals surface area contributed by atoms with Crippen molar-refractivity contribution in [2.24, 2.45) is 0 Å². The van der Waals surface area contributed by atoms with Gasteiger partial charge in [0.05, 0.1) is 27.8 Å². The SMILES string of the molecule is CN(CC(=O)NNc1c(Cl)cc(Cl)cc1Cl)c1ccc(C#N)cn1. The normalized spacial score (nSPS) is 9.96. The van der Waals surface area contributed by atoms with Gasteiger partial charge in [-0.3, -0.25) is 15.6 Å². The Balaban J connectivity index is 1.94. The molecule has 9 heteroatoms.